The largest absolute Gasteiger partial charge is 0.481 e. The summed E-state index contributed by atoms with van der Waals surface area (Å²) in [5.41, 5.74) is 1.14. The first-order valence-corrected chi connectivity index (χ1v) is 5.58. The van der Waals surface area contributed by atoms with Crippen LogP contribution in [0, 0.1) is 0 Å². The molecule has 0 saturated heterocycles. The number of nitrogens with zero attached hydrogens (tertiary/aromatic N) is 3. The Morgan fingerprint density at radius 1 is 1.69 bits per heavy atom. The summed E-state index contributed by atoms with van der Waals surface area (Å²) in [5.74, 6) is -0.726. The van der Waals surface area contributed by atoms with Gasteiger partial charge in [-0.3, -0.25) is 9.69 Å². The summed E-state index contributed by atoms with van der Waals surface area (Å²) in [4.78, 5) is 16.9. The van der Waals surface area contributed by atoms with Gasteiger partial charge in [-0.25, -0.2) is 4.98 Å². The molecule has 16 heavy (non-hydrogen) atoms. The van der Waals surface area contributed by atoms with Crippen LogP contribution in [0.25, 0.3) is 0 Å². The molecule has 0 radical (unpaired) electrons. The maximum atomic E-state index is 10.6. The van der Waals surface area contributed by atoms with Crippen molar-refractivity contribution < 1.29 is 9.90 Å². The molecule has 5 nitrogen and oxygen atoms in total. The molecule has 0 spiro atoms. The smallest absolute Gasteiger partial charge is 0.304 e. The molecule has 2 rings (SSSR count). The van der Waals surface area contributed by atoms with Gasteiger partial charge in [-0.2, -0.15) is 0 Å². The highest BCUT2D eigenvalue weighted by Gasteiger charge is 2.29. The minimum Gasteiger partial charge on any atom is -0.481 e. The zero-order valence-corrected chi connectivity index (χ0v) is 9.46. The molecule has 0 atom stereocenters. The molecular weight excluding hydrogens is 206 g/mol. The highest BCUT2D eigenvalue weighted by Crippen LogP contribution is 2.28. The number of carbonyl (C=O) groups is 1. The van der Waals surface area contributed by atoms with Crippen molar-refractivity contribution >= 4 is 5.97 Å². The van der Waals surface area contributed by atoms with Crippen molar-refractivity contribution in [3.05, 3.63) is 18.2 Å². The molecule has 1 saturated carbocycles. The normalized spacial score (nSPS) is 15.6. The molecule has 1 fully saturated rings. The lowest BCUT2D eigenvalue weighted by molar-refractivity contribution is -0.137. The number of carboxylic acids is 1. The lowest BCUT2D eigenvalue weighted by atomic mass is 10.3. The molecule has 5 heteroatoms. The Labute approximate surface area is 94.7 Å². The van der Waals surface area contributed by atoms with Crippen molar-refractivity contribution in [2.75, 3.05) is 6.54 Å². The van der Waals surface area contributed by atoms with E-state index in [1.807, 2.05) is 17.8 Å². The molecular formula is C11H17N3O2. The number of aryl methyl sites for hydroxylation is 1. The van der Waals surface area contributed by atoms with Gasteiger partial charge in [0.15, 0.2) is 0 Å². The Hall–Kier alpha value is -1.36. The molecule has 1 aliphatic carbocycles. The highest BCUT2D eigenvalue weighted by atomic mass is 16.4. The average molecular weight is 223 g/mol. The van der Waals surface area contributed by atoms with E-state index in [0.29, 0.717) is 12.6 Å². The fraction of sp³-hybridized carbons (Fsp3) is 0.636. The van der Waals surface area contributed by atoms with Gasteiger partial charge in [0, 0.05) is 32.4 Å². The third-order valence-electron chi connectivity index (χ3n) is 2.96. The summed E-state index contributed by atoms with van der Waals surface area (Å²) in [6, 6.07) is 0.578. The summed E-state index contributed by atoms with van der Waals surface area (Å²) in [6.45, 7) is 1.43. The fourth-order valence-corrected chi connectivity index (χ4v) is 1.81. The second-order valence-electron chi connectivity index (χ2n) is 4.34. The number of aliphatic carboxylic acids is 1. The highest BCUT2D eigenvalue weighted by molar-refractivity contribution is 5.66. The van der Waals surface area contributed by atoms with Crippen molar-refractivity contribution in [1.29, 1.82) is 0 Å². The maximum absolute atomic E-state index is 10.6. The SMILES string of the molecule is Cn1cncc1CN(CCC(=O)O)C1CC1. The van der Waals surface area contributed by atoms with Gasteiger partial charge < -0.3 is 9.67 Å². The van der Waals surface area contributed by atoms with E-state index in [1.54, 1.807) is 6.33 Å². The first-order chi connectivity index (χ1) is 7.66. The van der Waals surface area contributed by atoms with E-state index >= 15 is 0 Å². The van der Waals surface area contributed by atoms with Gasteiger partial charge in [-0.05, 0) is 12.8 Å². The summed E-state index contributed by atoms with van der Waals surface area (Å²) in [7, 11) is 1.96. The van der Waals surface area contributed by atoms with E-state index < -0.39 is 5.97 Å². The Kier molecular flexibility index (Phi) is 3.24. The summed E-state index contributed by atoms with van der Waals surface area (Å²) in [6.07, 6.45) is 6.22. The van der Waals surface area contributed by atoms with E-state index in [2.05, 4.69) is 9.88 Å². The van der Waals surface area contributed by atoms with Gasteiger partial charge in [0.25, 0.3) is 0 Å². The third kappa shape index (κ3) is 2.82. The van der Waals surface area contributed by atoms with Crippen LogP contribution in [0.15, 0.2) is 12.5 Å². The fourth-order valence-electron chi connectivity index (χ4n) is 1.81. The Morgan fingerprint density at radius 2 is 2.44 bits per heavy atom. The summed E-state index contributed by atoms with van der Waals surface area (Å²) >= 11 is 0. The zero-order chi connectivity index (χ0) is 11.5. The molecule has 0 aromatic carbocycles. The van der Waals surface area contributed by atoms with Crippen molar-refractivity contribution in [3.8, 4) is 0 Å². The van der Waals surface area contributed by atoms with E-state index in [-0.39, 0.29) is 6.42 Å². The van der Waals surface area contributed by atoms with Crippen LogP contribution in [-0.4, -0.2) is 38.1 Å². The Morgan fingerprint density at radius 3 is 2.94 bits per heavy atom. The van der Waals surface area contributed by atoms with Crippen molar-refractivity contribution in [2.24, 2.45) is 7.05 Å². The maximum Gasteiger partial charge on any atom is 0.304 e. The predicted octanol–water partition coefficient (Wildman–Crippen LogP) is 0.859. The molecule has 1 aliphatic rings. The molecule has 1 aromatic heterocycles. The quantitative estimate of drug-likeness (QED) is 0.777. The van der Waals surface area contributed by atoms with Crippen molar-refractivity contribution in [1.82, 2.24) is 14.5 Å². The second kappa shape index (κ2) is 4.65. The van der Waals surface area contributed by atoms with E-state index in [9.17, 15) is 4.79 Å². The molecule has 1 heterocycles. The van der Waals surface area contributed by atoms with Gasteiger partial charge in [-0.15, -0.1) is 0 Å². The molecule has 0 amide bonds. The number of aromatic nitrogens is 2. The minimum absolute atomic E-state index is 0.217. The predicted molar refractivity (Wildman–Crippen MR) is 58.9 cm³/mol. The average Bonchev–Trinajstić information content (AvgIpc) is 2.99. The summed E-state index contributed by atoms with van der Waals surface area (Å²) in [5, 5.41) is 8.70. The third-order valence-corrected chi connectivity index (χ3v) is 2.96. The molecule has 1 N–H and O–H groups in total. The van der Waals surface area contributed by atoms with Crippen LogP contribution in [0.3, 0.4) is 0 Å². The van der Waals surface area contributed by atoms with Gasteiger partial charge in [-0.1, -0.05) is 0 Å². The van der Waals surface area contributed by atoms with Crippen molar-refractivity contribution in [3.63, 3.8) is 0 Å². The molecule has 88 valence electrons. The van der Waals surface area contributed by atoms with Crippen LogP contribution >= 0.6 is 0 Å². The molecule has 0 bridgehead atoms. The lowest BCUT2D eigenvalue weighted by Gasteiger charge is -2.20. The standard InChI is InChI=1S/C11H17N3O2/c1-13-8-12-6-10(13)7-14(9-2-3-9)5-4-11(15)16/h6,8-9H,2-5,7H2,1H3,(H,15,16). The van der Waals surface area contributed by atoms with Crippen LogP contribution in [0.4, 0.5) is 0 Å². The lowest BCUT2D eigenvalue weighted by Crippen LogP contribution is -2.28. The number of hydrogen-bond acceptors (Lipinski definition) is 3. The second-order valence-corrected chi connectivity index (χ2v) is 4.34. The van der Waals surface area contributed by atoms with Gasteiger partial charge in [0.05, 0.1) is 18.4 Å². The van der Waals surface area contributed by atoms with Crippen molar-refractivity contribution in [2.45, 2.75) is 31.8 Å². The Bertz CT molecular complexity index is 371. The molecule has 0 unspecified atom stereocenters. The van der Waals surface area contributed by atoms with Crippen LogP contribution in [0.1, 0.15) is 25.0 Å². The van der Waals surface area contributed by atoms with Crippen LogP contribution in [0.5, 0.6) is 0 Å². The monoisotopic (exact) mass is 223 g/mol. The van der Waals surface area contributed by atoms with Crippen LogP contribution < -0.4 is 0 Å². The van der Waals surface area contributed by atoms with Gasteiger partial charge in [0.2, 0.25) is 0 Å². The molecule has 1 aromatic rings. The van der Waals surface area contributed by atoms with E-state index in [1.165, 1.54) is 12.8 Å². The minimum atomic E-state index is -0.726. The van der Waals surface area contributed by atoms with Crippen LogP contribution in [-0.2, 0) is 18.4 Å². The topological polar surface area (TPSA) is 58.4 Å². The molecule has 0 aliphatic heterocycles. The van der Waals surface area contributed by atoms with Gasteiger partial charge >= 0.3 is 5.97 Å². The van der Waals surface area contributed by atoms with Crippen LogP contribution in [0.2, 0.25) is 0 Å². The Balaban J connectivity index is 1.92. The first kappa shape index (κ1) is 11.1. The van der Waals surface area contributed by atoms with Gasteiger partial charge in [0.1, 0.15) is 0 Å². The number of rotatable bonds is 6. The zero-order valence-electron chi connectivity index (χ0n) is 9.46. The number of imidazole rings is 1. The van der Waals surface area contributed by atoms with E-state index in [4.69, 9.17) is 5.11 Å². The van der Waals surface area contributed by atoms with E-state index in [0.717, 1.165) is 12.2 Å². The first-order valence-electron chi connectivity index (χ1n) is 5.58. The number of hydrogen-bond donors (Lipinski definition) is 1. The summed E-state index contributed by atoms with van der Waals surface area (Å²) < 4.78 is 1.98. The number of carboxylic acid groups (broad SMARTS) is 1.